The largest absolute Gasteiger partial charge is 0.494 e. The molecule has 2 aliphatic carbocycles. The number of fused-ring (bicyclic) bond motifs is 1. The van der Waals surface area contributed by atoms with E-state index in [9.17, 15) is 4.79 Å². The van der Waals surface area contributed by atoms with Crippen molar-refractivity contribution in [2.24, 2.45) is 0 Å². The van der Waals surface area contributed by atoms with Crippen molar-refractivity contribution in [2.75, 3.05) is 23.9 Å². The van der Waals surface area contributed by atoms with Crippen molar-refractivity contribution in [3.8, 4) is 16.9 Å². The first kappa shape index (κ1) is 25.6. The Morgan fingerprint density at radius 3 is 2.70 bits per heavy atom. The van der Waals surface area contributed by atoms with Crippen LogP contribution in [-0.2, 0) is 16.0 Å². The average molecular weight is 521 g/mol. The Hall–Kier alpha value is -3.06. The molecule has 1 fully saturated rings. The van der Waals surface area contributed by atoms with Gasteiger partial charge in [-0.05, 0) is 110 Å². The number of carbonyl (C=O) groups excluding carboxylic acids is 1. The lowest BCUT2D eigenvalue weighted by atomic mass is 9.90. The van der Waals surface area contributed by atoms with Gasteiger partial charge in [0.25, 0.3) is 6.47 Å². The molecule has 0 bridgehead atoms. The molecular formula is C30H33FN2O3S. The summed E-state index contributed by atoms with van der Waals surface area (Å²) < 4.78 is 26.2. The van der Waals surface area contributed by atoms with Gasteiger partial charge in [-0.25, -0.2) is 4.39 Å². The SMILES string of the molecule is CSCCCOc1cc(C)c(-c2ccc(F)c3c2CCC3Nc2ccc(C3C[C@@H]3OC=O)nc2)c(C)c1. The lowest BCUT2D eigenvalue weighted by Gasteiger charge is -2.19. The minimum Gasteiger partial charge on any atom is -0.494 e. The van der Waals surface area contributed by atoms with E-state index in [-0.39, 0.29) is 23.9 Å². The zero-order valence-corrected chi connectivity index (χ0v) is 22.4. The second-order valence-corrected chi connectivity index (χ2v) is 10.9. The van der Waals surface area contributed by atoms with E-state index in [0.717, 1.165) is 81.9 Å². The molecule has 194 valence electrons. The summed E-state index contributed by atoms with van der Waals surface area (Å²) in [7, 11) is 0. The smallest absolute Gasteiger partial charge is 0.293 e. The van der Waals surface area contributed by atoms with E-state index in [1.54, 1.807) is 12.3 Å². The van der Waals surface area contributed by atoms with Crippen LogP contribution in [0.3, 0.4) is 0 Å². The Morgan fingerprint density at radius 1 is 1.19 bits per heavy atom. The molecule has 0 radical (unpaired) electrons. The molecule has 0 spiro atoms. The molecule has 1 N–H and O–H groups in total. The predicted molar refractivity (Wildman–Crippen MR) is 147 cm³/mol. The molecular weight excluding hydrogens is 487 g/mol. The van der Waals surface area contributed by atoms with Gasteiger partial charge in [-0.15, -0.1) is 0 Å². The summed E-state index contributed by atoms with van der Waals surface area (Å²) in [5.74, 6) is 1.98. The number of halogens is 1. The maximum Gasteiger partial charge on any atom is 0.293 e. The molecule has 3 atom stereocenters. The predicted octanol–water partition coefficient (Wildman–Crippen LogP) is 6.76. The van der Waals surface area contributed by atoms with E-state index in [1.165, 1.54) is 0 Å². The van der Waals surface area contributed by atoms with Crippen molar-refractivity contribution in [3.05, 3.63) is 76.4 Å². The maximum atomic E-state index is 15.2. The summed E-state index contributed by atoms with van der Waals surface area (Å²) >= 11 is 1.83. The first-order chi connectivity index (χ1) is 18.0. The molecule has 2 aromatic carbocycles. The summed E-state index contributed by atoms with van der Waals surface area (Å²) in [6.07, 6.45) is 7.29. The third kappa shape index (κ3) is 5.47. The molecule has 7 heteroatoms. The highest BCUT2D eigenvalue weighted by molar-refractivity contribution is 7.98. The summed E-state index contributed by atoms with van der Waals surface area (Å²) in [6.45, 7) is 5.42. The molecule has 37 heavy (non-hydrogen) atoms. The number of ether oxygens (including phenoxy) is 2. The topological polar surface area (TPSA) is 60.5 Å². The van der Waals surface area contributed by atoms with Crippen molar-refractivity contribution in [1.29, 1.82) is 0 Å². The number of hydrogen-bond donors (Lipinski definition) is 1. The number of pyridine rings is 1. The standard InChI is InChI=1S/C30H33FN2O3S/c1-18-13-21(35-11-4-12-37-3)14-19(2)29(18)22-6-8-25(31)30-23(22)7-10-27(30)33-20-5-9-26(32-16-20)24-15-28(24)36-17-34/h5-6,8-9,13-14,16-17,24,27-28,33H,4,7,10-12,15H2,1-3H3/t24?,27?,28-/m0/s1. The fourth-order valence-corrected chi connectivity index (χ4v) is 5.94. The van der Waals surface area contributed by atoms with E-state index in [0.29, 0.717) is 13.1 Å². The first-order valence-electron chi connectivity index (χ1n) is 12.9. The molecule has 0 saturated heterocycles. The summed E-state index contributed by atoms with van der Waals surface area (Å²) in [5.41, 5.74) is 8.15. The van der Waals surface area contributed by atoms with Crippen LogP contribution in [0.5, 0.6) is 5.75 Å². The number of hydrogen-bond acceptors (Lipinski definition) is 6. The summed E-state index contributed by atoms with van der Waals surface area (Å²) in [6, 6.07) is 11.5. The van der Waals surface area contributed by atoms with E-state index in [4.69, 9.17) is 9.47 Å². The fourth-order valence-electron chi connectivity index (χ4n) is 5.53. The molecule has 0 amide bonds. The molecule has 0 aliphatic heterocycles. The van der Waals surface area contributed by atoms with Gasteiger partial charge in [0.1, 0.15) is 17.7 Å². The normalized spacial score (nSPS) is 19.8. The third-order valence-corrected chi connectivity index (χ3v) is 8.04. The molecule has 1 aromatic heterocycles. The zero-order valence-electron chi connectivity index (χ0n) is 21.6. The van der Waals surface area contributed by atoms with Crippen LogP contribution in [0.2, 0.25) is 0 Å². The number of thioether (sulfide) groups is 1. The number of benzene rings is 2. The lowest BCUT2D eigenvalue weighted by molar-refractivity contribution is -0.129. The minimum absolute atomic E-state index is 0.0641. The van der Waals surface area contributed by atoms with Crippen molar-refractivity contribution in [2.45, 2.75) is 57.6 Å². The van der Waals surface area contributed by atoms with Crippen LogP contribution in [0.4, 0.5) is 10.1 Å². The number of nitrogens with zero attached hydrogens (tertiary/aromatic N) is 1. The van der Waals surface area contributed by atoms with Crippen LogP contribution in [0.1, 0.15) is 59.2 Å². The Labute approximate surface area is 222 Å². The number of anilines is 1. The Kier molecular flexibility index (Phi) is 7.70. The van der Waals surface area contributed by atoms with Gasteiger partial charge in [0.15, 0.2) is 0 Å². The molecule has 5 nitrogen and oxygen atoms in total. The van der Waals surface area contributed by atoms with Crippen LogP contribution in [-0.4, -0.2) is 36.2 Å². The minimum atomic E-state index is -0.172. The molecule has 2 unspecified atom stereocenters. The number of aromatic nitrogens is 1. The van der Waals surface area contributed by atoms with Gasteiger partial charge in [-0.3, -0.25) is 9.78 Å². The van der Waals surface area contributed by atoms with Crippen molar-refractivity contribution in [1.82, 2.24) is 4.98 Å². The van der Waals surface area contributed by atoms with Crippen LogP contribution < -0.4 is 10.1 Å². The molecule has 3 aromatic rings. The van der Waals surface area contributed by atoms with Gasteiger partial charge >= 0.3 is 0 Å². The van der Waals surface area contributed by atoms with Crippen LogP contribution in [0, 0.1) is 19.7 Å². The quantitative estimate of drug-likeness (QED) is 0.223. The van der Waals surface area contributed by atoms with E-state index in [2.05, 4.69) is 42.5 Å². The highest BCUT2D eigenvalue weighted by Gasteiger charge is 2.41. The van der Waals surface area contributed by atoms with Crippen LogP contribution in [0.15, 0.2) is 42.6 Å². The number of rotatable bonds is 11. The van der Waals surface area contributed by atoms with Crippen LogP contribution >= 0.6 is 11.8 Å². The summed E-state index contributed by atoms with van der Waals surface area (Å²) in [4.78, 5) is 15.1. The highest BCUT2D eigenvalue weighted by atomic mass is 32.2. The van der Waals surface area contributed by atoms with Gasteiger partial charge in [-0.2, -0.15) is 11.8 Å². The Bertz CT molecular complexity index is 1260. The second kappa shape index (κ2) is 11.1. The van der Waals surface area contributed by atoms with Gasteiger partial charge in [-0.1, -0.05) is 6.07 Å². The second-order valence-electron chi connectivity index (χ2n) is 9.93. The van der Waals surface area contributed by atoms with Crippen molar-refractivity contribution >= 4 is 23.9 Å². The maximum absolute atomic E-state index is 15.2. The Balaban J connectivity index is 1.35. The molecule has 1 saturated carbocycles. The van der Waals surface area contributed by atoms with E-state index >= 15 is 4.39 Å². The number of carbonyl (C=O) groups is 1. The van der Waals surface area contributed by atoms with Gasteiger partial charge in [0.2, 0.25) is 0 Å². The third-order valence-electron chi connectivity index (χ3n) is 7.34. The van der Waals surface area contributed by atoms with Gasteiger partial charge in [0, 0.05) is 17.2 Å². The molecule has 5 rings (SSSR count). The highest BCUT2D eigenvalue weighted by Crippen LogP contribution is 2.44. The average Bonchev–Trinajstić information content (AvgIpc) is 3.52. The van der Waals surface area contributed by atoms with Crippen molar-refractivity contribution in [3.63, 3.8) is 0 Å². The zero-order chi connectivity index (χ0) is 25.9. The summed E-state index contributed by atoms with van der Waals surface area (Å²) in [5, 5.41) is 3.50. The number of aryl methyl sites for hydroxylation is 2. The van der Waals surface area contributed by atoms with Crippen LogP contribution in [0.25, 0.3) is 11.1 Å². The van der Waals surface area contributed by atoms with E-state index in [1.807, 2.05) is 30.0 Å². The molecule has 1 heterocycles. The lowest BCUT2D eigenvalue weighted by Crippen LogP contribution is -2.10. The molecule has 2 aliphatic rings. The fraction of sp³-hybridized carbons (Fsp3) is 0.400. The monoisotopic (exact) mass is 520 g/mol. The van der Waals surface area contributed by atoms with Gasteiger partial charge < -0.3 is 14.8 Å². The number of nitrogens with one attached hydrogen (secondary N) is 1. The van der Waals surface area contributed by atoms with Crippen molar-refractivity contribution < 1.29 is 18.7 Å². The first-order valence-corrected chi connectivity index (χ1v) is 14.3. The van der Waals surface area contributed by atoms with Gasteiger partial charge in [0.05, 0.1) is 24.5 Å². The Morgan fingerprint density at radius 2 is 2.00 bits per heavy atom. The van der Waals surface area contributed by atoms with E-state index < -0.39 is 0 Å².